The summed E-state index contributed by atoms with van der Waals surface area (Å²) in [6.07, 6.45) is 8.55. The van der Waals surface area contributed by atoms with Crippen LogP contribution < -0.4 is 0 Å². The fourth-order valence-corrected chi connectivity index (χ4v) is 5.70. The molecule has 3 aliphatic heterocycles. The molecule has 0 spiro atoms. The Balaban J connectivity index is 1.40. The van der Waals surface area contributed by atoms with Crippen molar-refractivity contribution in [3.8, 4) is 0 Å². The van der Waals surface area contributed by atoms with Crippen molar-refractivity contribution in [3.63, 3.8) is 0 Å². The number of nitrogens with zero attached hydrogens (tertiary/aromatic N) is 3. The zero-order chi connectivity index (χ0) is 18.9. The van der Waals surface area contributed by atoms with Gasteiger partial charge in [-0.2, -0.15) is 0 Å². The third-order valence-electron chi connectivity index (χ3n) is 7.66. The minimum atomic E-state index is 0.347. The van der Waals surface area contributed by atoms with Crippen molar-refractivity contribution in [2.45, 2.75) is 97.2 Å². The van der Waals surface area contributed by atoms with Gasteiger partial charge in [0.05, 0.1) is 0 Å². The molecule has 3 nitrogen and oxygen atoms in total. The Hall–Kier alpha value is -0.120. The van der Waals surface area contributed by atoms with E-state index in [1.54, 1.807) is 0 Å². The van der Waals surface area contributed by atoms with Gasteiger partial charge in [-0.3, -0.25) is 9.80 Å². The Morgan fingerprint density at radius 1 is 0.500 bits per heavy atom. The molecular weight excluding hydrogens is 318 g/mol. The lowest BCUT2D eigenvalue weighted by molar-refractivity contribution is 0.0214. The van der Waals surface area contributed by atoms with Crippen LogP contribution in [0.15, 0.2) is 0 Å². The average molecular weight is 364 g/mol. The van der Waals surface area contributed by atoms with E-state index >= 15 is 0 Å². The molecule has 3 heteroatoms. The summed E-state index contributed by atoms with van der Waals surface area (Å²) in [6, 6.07) is 0.859. The largest absolute Gasteiger partial charge is 0.300 e. The van der Waals surface area contributed by atoms with E-state index in [1.807, 2.05) is 0 Å². The molecule has 0 aromatic carbocycles. The summed E-state index contributed by atoms with van der Waals surface area (Å²) in [5.41, 5.74) is 0.705. The molecule has 152 valence electrons. The van der Waals surface area contributed by atoms with Gasteiger partial charge in [0, 0.05) is 30.2 Å². The number of hydrogen-bond donors (Lipinski definition) is 0. The van der Waals surface area contributed by atoms with Crippen LogP contribution in [0.3, 0.4) is 0 Å². The third kappa shape index (κ3) is 5.02. The van der Waals surface area contributed by atoms with Gasteiger partial charge in [0.15, 0.2) is 0 Å². The minimum absolute atomic E-state index is 0.347. The number of likely N-dealkylation sites (tertiary alicyclic amines) is 3. The SMILES string of the molecule is CC(C)(C)N1CCC(C2CCN(C3CCN(C(C)(C)C)CC3)CC2)CC1. The number of rotatable bonds is 2. The van der Waals surface area contributed by atoms with Crippen LogP contribution in [0.1, 0.15) is 80.1 Å². The molecule has 0 amide bonds. The van der Waals surface area contributed by atoms with Crippen LogP contribution in [-0.2, 0) is 0 Å². The van der Waals surface area contributed by atoms with Gasteiger partial charge in [-0.05, 0) is 118 Å². The maximum atomic E-state index is 2.85. The summed E-state index contributed by atoms with van der Waals surface area (Å²) >= 11 is 0. The van der Waals surface area contributed by atoms with E-state index in [0.29, 0.717) is 11.1 Å². The first-order valence-electron chi connectivity index (χ1n) is 11.4. The third-order valence-corrected chi connectivity index (χ3v) is 7.66. The van der Waals surface area contributed by atoms with Crippen LogP contribution in [0.5, 0.6) is 0 Å². The normalized spacial score (nSPS) is 27.9. The Kier molecular flexibility index (Phi) is 6.41. The summed E-state index contributed by atoms with van der Waals surface area (Å²) in [5.74, 6) is 2.00. The van der Waals surface area contributed by atoms with Gasteiger partial charge < -0.3 is 4.90 Å². The van der Waals surface area contributed by atoms with Crippen LogP contribution in [0.25, 0.3) is 0 Å². The average Bonchev–Trinajstić information content (AvgIpc) is 2.61. The second-order valence-electron chi connectivity index (χ2n) is 11.3. The molecule has 0 aromatic rings. The summed E-state index contributed by atoms with van der Waals surface area (Å²) in [7, 11) is 0. The molecule has 0 atom stereocenters. The smallest absolute Gasteiger partial charge is 0.0125 e. The van der Waals surface area contributed by atoms with Crippen LogP contribution >= 0.6 is 0 Å². The number of hydrogen-bond acceptors (Lipinski definition) is 3. The predicted molar refractivity (Wildman–Crippen MR) is 113 cm³/mol. The highest BCUT2D eigenvalue weighted by atomic mass is 15.2. The molecule has 0 saturated carbocycles. The van der Waals surface area contributed by atoms with E-state index in [4.69, 9.17) is 0 Å². The van der Waals surface area contributed by atoms with E-state index in [-0.39, 0.29) is 0 Å². The predicted octanol–water partition coefficient (Wildman–Crippen LogP) is 4.47. The Morgan fingerprint density at radius 3 is 1.23 bits per heavy atom. The summed E-state index contributed by atoms with van der Waals surface area (Å²) in [6.45, 7) is 22.2. The van der Waals surface area contributed by atoms with Gasteiger partial charge in [-0.1, -0.05) is 0 Å². The van der Waals surface area contributed by atoms with Crippen LogP contribution in [0.4, 0.5) is 0 Å². The van der Waals surface area contributed by atoms with Crippen molar-refractivity contribution >= 4 is 0 Å². The van der Waals surface area contributed by atoms with Crippen molar-refractivity contribution in [3.05, 3.63) is 0 Å². The summed E-state index contributed by atoms with van der Waals surface area (Å²) in [4.78, 5) is 8.22. The molecule has 0 aliphatic carbocycles. The van der Waals surface area contributed by atoms with E-state index in [1.165, 1.54) is 77.8 Å². The fourth-order valence-electron chi connectivity index (χ4n) is 5.70. The van der Waals surface area contributed by atoms with E-state index in [2.05, 4.69) is 56.2 Å². The quantitative estimate of drug-likeness (QED) is 0.716. The highest BCUT2D eigenvalue weighted by Gasteiger charge is 2.35. The van der Waals surface area contributed by atoms with Crippen molar-refractivity contribution in [2.75, 3.05) is 39.3 Å². The van der Waals surface area contributed by atoms with Crippen molar-refractivity contribution < 1.29 is 0 Å². The van der Waals surface area contributed by atoms with Gasteiger partial charge in [0.1, 0.15) is 0 Å². The maximum absolute atomic E-state index is 2.85. The highest BCUT2D eigenvalue weighted by Crippen LogP contribution is 2.35. The molecule has 3 heterocycles. The van der Waals surface area contributed by atoms with Crippen molar-refractivity contribution in [2.24, 2.45) is 11.8 Å². The first kappa shape index (κ1) is 20.6. The van der Waals surface area contributed by atoms with E-state index in [9.17, 15) is 0 Å². The lowest BCUT2D eigenvalue weighted by Gasteiger charge is -2.47. The highest BCUT2D eigenvalue weighted by molar-refractivity contribution is 4.90. The first-order valence-corrected chi connectivity index (χ1v) is 11.4. The molecule has 3 rings (SSSR count). The topological polar surface area (TPSA) is 9.72 Å². The molecule has 0 bridgehead atoms. The molecular formula is C23H45N3. The van der Waals surface area contributed by atoms with Gasteiger partial charge >= 0.3 is 0 Å². The van der Waals surface area contributed by atoms with Gasteiger partial charge in [0.25, 0.3) is 0 Å². The second kappa shape index (κ2) is 8.09. The van der Waals surface area contributed by atoms with Crippen LogP contribution in [-0.4, -0.2) is 71.1 Å². The lowest BCUT2D eigenvalue weighted by atomic mass is 9.77. The first-order chi connectivity index (χ1) is 12.1. The molecule has 0 radical (unpaired) electrons. The standard InChI is InChI=1S/C23H45N3/c1-22(2,3)25-15-9-20(10-16-25)19-7-13-24(14-8-19)21-11-17-26(18-12-21)23(4,5)6/h19-21H,7-18H2,1-6H3. The minimum Gasteiger partial charge on any atom is -0.300 e. The van der Waals surface area contributed by atoms with E-state index < -0.39 is 0 Å². The summed E-state index contributed by atoms with van der Waals surface area (Å²) in [5, 5.41) is 0. The summed E-state index contributed by atoms with van der Waals surface area (Å²) < 4.78 is 0. The molecule has 0 N–H and O–H groups in total. The van der Waals surface area contributed by atoms with Gasteiger partial charge in [-0.25, -0.2) is 0 Å². The molecule has 3 aliphatic rings. The Labute approximate surface area is 163 Å². The lowest BCUT2D eigenvalue weighted by Crippen LogP contribution is -2.53. The van der Waals surface area contributed by atoms with Gasteiger partial charge in [0.2, 0.25) is 0 Å². The fraction of sp³-hybridized carbons (Fsp3) is 1.00. The maximum Gasteiger partial charge on any atom is 0.0125 e. The number of piperidine rings is 3. The Morgan fingerprint density at radius 2 is 0.846 bits per heavy atom. The second-order valence-corrected chi connectivity index (χ2v) is 11.3. The van der Waals surface area contributed by atoms with Crippen molar-refractivity contribution in [1.82, 2.24) is 14.7 Å². The molecule has 3 fully saturated rings. The van der Waals surface area contributed by atoms with Crippen LogP contribution in [0.2, 0.25) is 0 Å². The molecule has 3 saturated heterocycles. The zero-order valence-corrected chi connectivity index (χ0v) is 18.6. The van der Waals surface area contributed by atoms with Crippen LogP contribution in [0, 0.1) is 11.8 Å². The zero-order valence-electron chi connectivity index (χ0n) is 18.6. The van der Waals surface area contributed by atoms with Gasteiger partial charge in [-0.15, -0.1) is 0 Å². The monoisotopic (exact) mass is 363 g/mol. The molecule has 26 heavy (non-hydrogen) atoms. The molecule has 0 aromatic heterocycles. The van der Waals surface area contributed by atoms with E-state index in [0.717, 1.165) is 17.9 Å². The Bertz CT molecular complexity index is 381. The van der Waals surface area contributed by atoms with Crippen molar-refractivity contribution in [1.29, 1.82) is 0 Å². The molecule has 0 unspecified atom stereocenters.